The zero-order valence-corrected chi connectivity index (χ0v) is 14.2. The zero-order valence-electron chi connectivity index (χ0n) is 14.2. The van der Waals surface area contributed by atoms with E-state index in [9.17, 15) is 0 Å². The molecule has 2 heterocycles. The summed E-state index contributed by atoms with van der Waals surface area (Å²) in [6.07, 6.45) is 9.61. The molecule has 2 aromatic rings. The van der Waals surface area contributed by atoms with Gasteiger partial charge in [-0.05, 0) is 30.0 Å². The minimum Gasteiger partial charge on any atom is -0.353 e. The molecule has 3 nitrogen and oxygen atoms in total. The molecule has 4 rings (SSSR count). The van der Waals surface area contributed by atoms with E-state index in [4.69, 9.17) is 4.74 Å². The maximum Gasteiger partial charge on any atom is 0.163 e. The Morgan fingerprint density at radius 2 is 1.79 bits per heavy atom. The molecule has 0 bridgehead atoms. The second-order valence-corrected chi connectivity index (χ2v) is 7.17. The first-order valence-electron chi connectivity index (χ1n) is 9.24. The number of aromatic nitrogens is 1. The van der Waals surface area contributed by atoms with Crippen molar-refractivity contribution in [1.29, 1.82) is 0 Å². The van der Waals surface area contributed by atoms with Crippen LogP contribution in [0.1, 0.15) is 55.8 Å². The molecule has 1 N–H and O–H groups in total. The average Bonchev–Trinajstić information content (AvgIpc) is 3.09. The fraction of sp³-hybridized carbons (Fsp3) is 0.476. The number of nitrogens with one attached hydrogen (secondary N) is 1. The molecule has 1 saturated heterocycles. The highest BCUT2D eigenvalue weighted by atomic mass is 16.5. The molecule has 1 aromatic carbocycles. The lowest BCUT2D eigenvalue weighted by molar-refractivity contribution is -0.0416. The standard InChI is InChI=1S/C21H26N2O/c1-3-9-17(10-4-1)15-21(20-13-7-8-14-22-20)23-19(16-24-21)18-11-5-2-6-12-18/h2,5-8,11-14,17,19,23H,1,3-4,9-10,15-16H2/t19-,21?/m0/s1. The van der Waals surface area contributed by atoms with Gasteiger partial charge in [-0.3, -0.25) is 10.3 Å². The summed E-state index contributed by atoms with van der Waals surface area (Å²) >= 11 is 0. The van der Waals surface area contributed by atoms with Gasteiger partial charge in [0, 0.05) is 6.20 Å². The van der Waals surface area contributed by atoms with Crippen LogP contribution in [0.2, 0.25) is 0 Å². The van der Waals surface area contributed by atoms with Gasteiger partial charge in [0.05, 0.1) is 18.3 Å². The molecule has 24 heavy (non-hydrogen) atoms. The Balaban J connectivity index is 1.60. The van der Waals surface area contributed by atoms with Crippen LogP contribution < -0.4 is 5.32 Å². The average molecular weight is 322 g/mol. The summed E-state index contributed by atoms with van der Waals surface area (Å²) in [4.78, 5) is 4.64. The van der Waals surface area contributed by atoms with E-state index in [-0.39, 0.29) is 6.04 Å². The number of ether oxygens (including phenoxy) is 1. The second-order valence-electron chi connectivity index (χ2n) is 7.17. The molecule has 1 saturated carbocycles. The number of rotatable bonds is 4. The molecule has 126 valence electrons. The van der Waals surface area contributed by atoms with E-state index in [1.807, 2.05) is 12.3 Å². The summed E-state index contributed by atoms with van der Waals surface area (Å²) in [5.74, 6) is 0.725. The van der Waals surface area contributed by atoms with E-state index in [2.05, 4.69) is 52.8 Å². The minimum atomic E-state index is -0.441. The van der Waals surface area contributed by atoms with Crippen molar-refractivity contribution in [3.05, 3.63) is 66.0 Å². The highest BCUT2D eigenvalue weighted by Crippen LogP contribution is 2.41. The maximum atomic E-state index is 6.42. The summed E-state index contributed by atoms with van der Waals surface area (Å²) in [5, 5.41) is 3.80. The third-order valence-electron chi connectivity index (χ3n) is 5.49. The van der Waals surface area contributed by atoms with Gasteiger partial charge in [-0.15, -0.1) is 0 Å². The van der Waals surface area contributed by atoms with E-state index < -0.39 is 5.72 Å². The van der Waals surface area contributed by atoms with Gasteiger partial charge in [0.2, 0.25) is 0 Å². The van der Waals surface area contributed by atoms with Crippen LogP contribution in [0, 0.1) is 5.92 Å². The third-order valence-corrected chi connectivity index (χ3v) is 5.49. The molecule has 1 aliphatic carbocycles. The Hall–Kier alpha value is -1.71. The van der Waals surface area contributed by atoms with Gasteiger partial charge in [-0.25, -0.2) is 0 Å². The van der Waals surface area contributed by atoms with Crippen molar-refractivity contribution in [2.75, 3.05) is 6.61 Å². The fourth-order valence-electron chi connectivity index (χ4n) is 4.23. The largest absolute Gasteiger partial charge is 0.353 e. The lowest BCUT2D eigenvalue weighted by atomic mass is 9.82. The van der Waals surface area contributed by atoms with Crippen molar-refractivity contribution >= 4 is 0 Å². The summed E-state index contributed by atoms with van der Waals surface area (Å²) < 4.78 is 6.42. The smallest absolute Gasteiger partial charge is 0.163 e. The van der Waals surface area contributed by atoms with Crippen molar-refractivity contribution in [2.24, 2.45) is 5.92 Å². The molecule has 0 amide bonds. The van der Waals surface area contributed by atoms with Crippen LogP contribution >= 0.6 is 0 Å². The van der Waals surface area contributed by atoms with Gasteiger partial charge >= 0.3 is 0 Å². The lowest BCUT2D eigenvalue weighted by Crippen LogP contribution is -2.42. The zero-order chi connectivity index (χ0) is 16.2. The van der Waals surface area contributed by atoms with Crippen LogP contribution in [0.15, 0.2) is 54.7 Å². The van der Waals surface area contributed by atoms with Crippen LogP contribution in [-0.4, -0.2) is 11.6 Å². The molecule has 2 atom stereocenters. The van der Waals surface area contributed by atoms with E-state index in [0.29, 0.717) is 6.61 Å². The van der Waals surface area contributed by atoms with Crippen LogP contribution in [-0.2, 0) is 10.5 Å². The molecular formula is C21H26N2O. The SMILES string of the molecule is c1ccc([C@@H]2COC(CC3CCCCC3)(c3ccccn3)N2)cc1. The summed E-state index contributed by atoms with van der Waals surface area (Å²) in [5.41, 5.74) is 1.87. The van der Waals surface area contributed by atoms with Gasteiger partial charge in [0.1, 0.15) is 0 Å². The number of nitrogens with zero attached hydrogens (tertiary/aromatic N) is 1. The van der Waals surface area contributed by atoms with Crippen LogP contribution in [0.25, 0.3) is 0 Å². The van der Waals surface area contributed by atoms with Gasteiger partial charge in [0.15, 0.2) is 5.72 Å². The maximum absolute atomic E-state index is 6.42. The van der Waals surface area contributed by atoms with Crippen LogP contribution in [0.5, 0.6) is 0 Å². The Bertz CT molecular complexity index is 639. The lowest BCUT2D eigenvalue weighted by Gasteiger charge is -2.34. The molecule has 1 aromatic heterocycles. The van der Waals surface area contributed by atoms with Crippen molar-refractivity contribution in [1.82, 2.24) is 10.3 Å². The molecule has 3 heteroatoms. The first-order chi connectivity index (χ1) is 11.9. The highest BCUT2D eigenvalue weighted by molar-refractivity contribution is 5.23. The van der Waals surface area contributed by atoms with Gasteiger partial charge in [-0.1, -0.05) is 68.5 Å². The highest BCUT2D eigenvalue weighted by Gasteiger charge is 2.44. The summed E-state index contributed by atoms with van der Waals surface area (Å²) in [6.45, 7) is 0.702. The molecule has 0 radical (unpaired) electrons. The van der Waals surface area contributed by atoms with Gasteiger partial charge in [0.25, 0.3) is 0 Å². The number of hydrogen-bond donors (Lipinski definition) is 1. The summed E-state index contributed by atoms with van der Waals surface area (Å²) in [6, 6.07) is 17.0. The molecule has 0 spiro atoms. The third kappa shape index (κ3) is 3.24. The normalized spacial score (nSPS) is 28.1. The fourth-order valence-corrected chi connectivity index (χ4v) is 4.23. The van der Waals surface area contributed by atoms with E-state index in [0.717, 1.165) is 18.0 Å². The molecule has 1 aliphatic heterocycles. The summed E-state index contributed by atoms with van der Waals surface area (Å²) in [7, 11) is 0. The minimum absolute atomic E-state index is 0.233. The predicted octanol–water partition coefficient (Wildman–Crippen LogP) is 4.57. The Kier molecular flexibility index (Phi) is 4.63. The van der Waals surface area contributed by atoms with Crippen molar-refractivity contribution < 1.29 is 4.74 Å². The number of hydrogen-bond acceptors (Lipinski definition) is 3. The molecule has 2 aliphatic rings. The number of pyridine rings is 1. The topological polar surface area (TPSA) is 34.1 Å². The Morgan fingerprint density at radius 1 is 1.00 bits per heavy atom. The quantitative estimate of drug-likeness (QED) is 0.895. The Morgan fingerprint density at radius 3 is 2.54 bits per heavy atom. The van der Waals surface area contributed by atoms with E-state index in [1.54, 1.807) is 0 Å². The molecular weight excluding hydrogens is 296 g/mol. The van der Waals surface area contributed by atoms with Crippen LogP contribution in [0.4, 0.5) is 0 Å². The van der Waals surface area contributed by atoms with Gasteiger partial charge < -0.3 is 4.74 Å². The monoisotopic (exact) mass is 322 g/mol. The van der Waals surface area contributed by atoms with Crippen LogP contribution in [0.3, 0.4) is 0 Å². The Labute approximate surface area is 144 Å². The van der Waals surface area contributed by atoms with Gasteiger partial charge in [-0.2, -0.15) is 0 Å². The molecule has 1 unspecified atom stereocenters. The van der Waals surface area contributed by atoms with Crippen molar-refractivity contribution in [3.63, 3.8) is 0 Å². The van der Waals surface area contributed by atoms with Crippen molar-refractivity contribution in [3.8, 4) is 0 Å². The molecule has 2 fully saturated rings. The predicted molar refractivity (Wildman–Crippen MR) is 95.4 cm³/mol. The first-order valence-corrected chi connectivity index (χ1v) is 9.24. The van der Waals surface area contributed by atoms with Crippen molar-refractivity contribution in [2.45, 2.75) is 50.3 Å². The second kappa shape index (κ2) is 7.04. The van der Waals surface area contributed by atoms with E-state index in [1.165, 1.54) is 37.7 Å². The number of benzene rings is 1. The van der Waals surface area contributed by atoms with E-state index >= 15 is 0 Å². The first kappa shape index (κ1) is 15.8.